The van der Waals surface area contributed by atoms with E-state index in [1.807, 2.05) is 6.07 Å². The van der Waals surface area contributed by atoms with E-state index in [0.717, 1.165) is 0 Å². The van der Waals surface area contributed by atoms with Crippen LogP contribution in [0.3, 0.4) is 0 Å². The third-order valence-electron chi connectivity index (χ3n) is 3.63. The second-order valence-corrected chi connectivity index (χ2v) is 6.29. The van der Waals surface area contributed by atoms with Gasteiger partial charge in [-0.15, -0.1) is 0 Å². The highest BCUT2D eigenvalue weighted by molar-refractivity contribution is 7.80. The first-order valence-electron chi connectivity index (χ1n) is 6.59. The van der Waals surface area contributed by atoms with E-state index in [-0.39, 0.29) is 0 Å². The predicted octanol–water partition coefficient (Wildman–Crippen LogP) is 4.86. The fourth-order valence-electron chi connectivity index (χ4n) is 2.47. The van der Waals surface area contributed by atoms with Crippen LogP contribution in [-0.2, 0) is 0 Å². The minimum atomic E-state index is 0.440. The number of rotatable bonds is 2. The van der Waals surface area contributed by atoms with Crippen LogP contribution in [0.15, 0.2) is 18.2 Å². The zero-order valence-electron chi connectivity index (χ0n) is 10.9. The maximum absolute atomic E-state index is 6.11. The molecule has 0 aliphatic heterocycles. The number of hydrogen-bond donors (Lipinski definition) is 2. The summed E-state index contributed by atoms with van der Waals surface area (Å²) in [4.78, 5) is 0. The highest BCUT2D eigenvalue weighted by Gasteiger charge is 2.22. The second kappa shape index (κ2) is 6.78. The Balaban J connectivity index is 1.97. The van der Waals surface area contributed by atoms with Crippen LogP contribution in [0.5, 0.6) is 0 Å². The van der Waals surface area contributed by atoms with Gasteiger partial charge in [0.15, 0.2) is 5.11 Å². The average molecular weight is 317 g/mol. The third-order valence-corrected chi connectivity index (χ3v) is 4.48. The minimum Gasteiger partial charge on any atom is -0.359 e. The van der Waals surface area contributed by atoms with E-state index in [2.05, 4.69) is 17.6 Å². The van der Waals surface area contributed by atoms with Crippen LogP contribution in [0.25, 0.3) is 0 Å². The summed E-state index contributed by atoms with van der Waals surface area (Å²) < 4.78 is 0. The molecular formula is C14H18Cl2N2S. The standard InChI is InChI=1S/C14H18Cl2N2S/c1-9-5-2-3-8-12(9)17-14(19)18-13-10(15)6-4-7-11(13)16/h4,6-7,9,12H,2-3,5,8H2,1H3,(H2,17,18,19)/t9-,12-/m0/s1. The molecule has 104 valence electrons. The highest BCUT2D eigenvalue weighted by Crippen LogP contribution is 2.30. The van der Waals surface area contributed by atoms with Crippen molar-refractivity contribution >= 4 is 46.2 Å². The smallest absolute Gasteiger partial charge is 0.171 e. The number of para-hydroxylation sites is 1. The molecule has 0 saturated heterocycles. The summed E-state index contributed by atoms with van der Waals surface area (Å²) in [5, 5.41) is 8.22. The Morgan fingerprint density at radius 3 is 2.47 bits per heavy atom. The Morgan fingerprint density at radius 1 is 1.21 bits per heavy atom. The van der Waals surface area contributed by atoms with Crippen LogP contribution >= 0.6 is 35.4 Å². The van der Waals surface area contributed by atoms with E-state index in [1.165, 1.54) is 25.7 Å². The zero-order valence-corrected chi connectivity index (χ0v) is 13.2. The van der Waals surface area contributed by atoms with Gasteiger partial charge in [-0.1, -0.05) is 49.0 Å². The Bertz CT molecular complexity index is 445. The van der Waals surface area contributed by atoms with Crippen molar-refractivity contribution in [3.8, 4) is 0 Å². The van der Waals surface area contributed by atoms with Crippen molar-refractivity contribution in [3.05, 3.63) is 28.2 Å². The summed E-state index contributed by atoms with van der Waals surface area (Å²) in [6.07, 6.45) is 5.00. The van der Waals surface area contributed by atoms with Gasteiger partial charge in [-0.2, -0.15) is 0 Å². The van der Waals surface area contributed by atoms with Gasteiger partial charge in [-0.05, 0) is 43.1 Å². The number of thiocarbonyl (C=S) groups is 1. The van der Waals surface area contributed by atoms with Crippen LogP contribution in [0.2, 0.25) is 10.0 Å². The first-order chi connectivity index (χ1) is 9.08. The van der Waals surface area contributed by atoms with Gasteiger partial charge in [0, 0.05) is 6.04 Å². The van der Waals surface area contributed by atoms with Gasteiger partial charge in [-0.3, -0.25) is 0 Å². The number of anilines is 1. The van der Waals surface area contributed by atoms with E-state index in [4.69, 9.17) is 35.4 Å². The van der Waals surface area contributed by atoms with Crippen LogP contribution in [-0.4, -0.2) is 11.2 Å². The molecule has 2 N–H and O–H groups in total. The highest BCUT2D eigenvalue weighted by atomic mass is 35.5. The van der Waals surface area contributed by atoms with E-state index < -0.39 is 0 Å². The van der Waals surface area contributed by atoms with Crippen molar-refractivity contribution < 1.29 is 0 Å². The lowest BCUT2D eigenvalue weighted by Gasteiger charge is -2.30. The Morgan fingerprint density at radius 2 is 1.84 bits per heavy atom. The van der Waals surface area contributed by atoms with Gasteiger partial charge < -0.3 is 10.6 Å². The molecule has 19 heavy (non-hydrogen) atoms. The molecule has 0 amide bonds. The number of hydrogen-bond acceptors (Lipinski definition) is 1. The average Bonchev–Trinajstić information content (AvgIpc) is 2.37. The summed E-state index contributed by atoms with van der Waals surface area (Å²) in [5.41, 5.74) is 0.673. The number of nitrogens with one attached hydrogen (secondary N) is 2. The van der Waals surface area contributed by atoms with Gasteiger partial charge in [0.2, 0.25) is 0 Å². The normalized spacial score (nSPS) is 22.9. The number of benzene rings is 1. The molecule has 0 heterocycles. The SMILES string of the molecule is C[C@H]1CCCC[C@@H]1NC(=S)Nc1c(Cl)cccc1Cl. The molecule has 1 aliphatic rings. The molecule has 1 saturated carbocycles. The lowest BCUT2D eigenvalue weighted by molar-refractivity contribution is 0.309. The van der Waals surface area contributed by atoms with Gasteiger partial charge in [0.1, 0.15) is 0 Å². The monoisotopic (exact) mass is 316 g/mol. The molecular weight excluding hydrogens is 299 g/mol. The van der Waals surface area contributed by atoms with E-state index in [0.29, 0.717) is 32.8 Å². The zero-order chi connectivity index (χ0) is 13.8. The molecule has 0 unspecified atom stereocenters. The molecule has 1 aromatic rings. The number of halogens is 2. The maximum Gasteiger partial charge on any atom is 0.171 e. The molecule has 2 rings (SSSR count). The first kappa shape index (κ1) is 14.9. The van der Waals surface area contributed by atoms with Crippen molar-refractivity contribution in [2.45, 2.75) is 38.6 Å². The maximum atomic E-state index is 6.11. The lowest BCUT2D eigenvalue weighted by atomic mass is 9.86. The minimum absolute atomic E-state index is 0.440. The summed E-state index contributed by atoms with van der Waals surface area (Å²) >= 11 is 17.6. The Kier molecular flexibility index (Phi) is 5.31. The van der Waals surface area contributed by atoms with Crippen LogP contribution in [0.4, 0.5) is 5.69 Å². The van der Waals surface area contributed by atoms with Crippen molar-refractivity contribution in [1.82, 2.24) is 5.32 Å². The molecule has 0 bridgehead atoms. The molecule has 2 atom stereocenters. The fourth-order valence-corrected chi connectivity index (χ4v) is 3.21. The van der Waals surface area contributed by atoms with Crippen LogP contribution in [0.1, 0.15) is 32.6 Å². The first-order valence-corrected chi connectivity index (χ1v) is 7.76. The molecule has 2 nitrogen and oxygen atoms in total. The Hall–Kier alpha value is -0.510. The van der Waals surface area contributed by atoms with Crippen molar-refractivity contribution in [2.75, 3.05) is 5.32 Å². The predicted molar refractivity (Wildman–Crippen MR) is 87.2 cm³/mol. The largest absolute Gasteiger partial charge is 0.359 e. The quantitative estimate of drug-likeness (QED) is 0.762. The van der Waals surface area contributed by atoms with E-state index in [1.54, 1.807) is 12.1 Å². The van der Waals surface area contributed by atoms with Gasteiger partial charge >= 0.3 is 0 Å². The van der Waals surface area contributed by atoms with E-state index >= 15 is 0 Å². The fraction of sp³-hybridized carbons (Fsp3) is 0.500. The van der Waals surface area contributed by atoms with Crippen LogP contribution < -0.4 is 10.6 Å². The van der Waals surface area contributed by atoms with Gasteiger partial charge in [0.05, 0.1) is 15.7 Å². The van der Waals surface area contributed by atoms with Crippen molar-refractivity contribution in [3.63, 3.8) is 0 Å². The van der Waals surface area contributed by atoms with Crippen molar-refractivity contribution in [2.24, 2.45) is 5.92 Å². The van der Waals surface area contributed by atoms with Gasteiger partial charge in [0.25, 0.3) is 0 Å². The van der Waals surface area contributed by atoms with Gasteiger partial charge in [-0.25, -0.2) is 0 Å². The Labute approximate surface area is 129 Å². The summed E-state index contributed by atoms with van der Waals surface area (Å²) in [6.45, 7) is 2.27. The van der Waals surface area contributed by atoms with Crippen molar-refractivity contribution in [1.29, 1.82) is 0 Å². The summed E-state index contributed by atoms with van der Waals surface area (Å²) in [6, 6.07) is 5.84. The molecule has 0 aromatic heterocycles. The second-order valence-electron chi connectivity index (χ2n) is 5.06. The topological polar surface area (TPSA) is 24.1 Å². The molecule has 1 fully saturated rings. The lowest BCUT2D eigenvalue weighted by Crippen LogP contribution is -2.43. The third kappa shape index (κ3) is 3.98. The molecule has 0 spiro atoms. The summed E-state index contributed by atoms with van der Waals surface area (Å²) in [7, 11) is 0. The molecule has 5 heteroatoms. The molecule has 0 radical (unpaired) electrons. The van der Waals surface area contributed by atoms with Crippen LogP contribution in [0, 0.1) is 5.92 Å². The molecule has 1 aliphatic carbocycles. The van der Waals surface area contributed by atoms with E-state index in [9.17, 15) is 0 Å². The summed E-state index contributed by atoms with van der Waals surface area (Å²) in [5.74, 6) is 0.648. The molecule has 1 aromatic carbocycles.